The predicted molar refractivity (Wildman–Crippen MR) is 92.2 cm³/mol. The highest BCUT2D eigenvalue weighted by Gasteiger charge is 2.34. The molecule has 1 N–H and O–H groups in total. The first kappa shape index (κ1) is 20.1. The molecule has 1 heterocycles. The average Bonchev–Trinajstić information content (AvgIpc) is 3.02. The molecule has 0 unspecified atom stereocenters. The Labute approximate surface area is 158 Å². The Bertz CT molecular complexity index is 1140. The predicted octanol–water partition coefficient (Wildman–Crippen LogP) is 4.56. The quantitative estimate of drug-likeness (QED) is 0.609. The number of halogens is 5. The van der Waals surface area contributed by atoms with Crippen LogP contribution in [-0.4, -0.2) is 25.1 Å². The summed E-state index contributed by atoms with van der Waals surface area (Å²) in [5.41, 5.74) is -1.33. The van der Waals surface area contributed by atoms with Gasteiger partial charge in [-0.05, 0) is 36.4 Å². The number of amides is 1. The summed E-state index contributed by atoms with van der Waals surface area (Å²) in [5, 5.41) is 2.21. The van der Waals surface area contributed by atoms with Crippen LogP contribution in [0.25, 0.3) is 10.2 Å². The van der Waals surface area contributed by atoms with Gasteiger partial charge in [-0.3, -0.25) is 10.1 Å². The SMILES string of the molecule is O=C(Nc1nc2c(C(F)(F)F)cccc2s1)c1ccc(S(=O)(=O)C(F)F)cc1. The minimum atomic E-state index is -4.80. The van der Waals surface area contributed by atoms with Gasteiger partial charge < -0.3 is 0 Å². The van der Waals surface area contributed by atoms with Crippen LogP contribution in [0.1, 0.15) is 15.9 Å². The Balaban J connectivity index is 1.86. The lowest BCUT2D eigenvalue weighted by atomic mass is 10.2. The number of hydrogen-bond acceptors (Lipinski definition) is 5. The summed E-state index contributed by atoms with van der Waals surface area (Å²) in [6.45, 7) is 0. The maximum Gasteiger partial charge on any atom is 0.418 e. The van der Waals surface area contributed by atoms with E-state index in [4.69, 9.17) is 0 Å². The van der Waals surface area contributed by atoms with Crippen molar-refractivity contribution in [3.05, 3.63) is 53.6 Å². The van der Waals surface area contributed by atoms with Crippen LogP contribution in [0.5, 0.6) is 0 Å². The number of sulfone groups is 1. The van der Waals surface area contributed by atoms with Crippen LogP contribution < -0.4 is 5.32 Å². The average molecular weight is 436 g/mol. The summed E-state index contributed by atoms with van der Waals surface area (Å²) in [5.74, 6) is -4.38. The van der Waals surface area contributed by atoms with E-state index in [0.29, 0.717) is 0 Å². The van der Waals surface area contributed by atoms with E-state index in [1.807, 2.05) is 0 Å². The van der Waals surface area contributed by atoms with Crippen LogP contribution in [0, 0.1) is 0 Å². The van der Waals surface area contributed by atoms with Gasteiger partial charge >= 0.3 is 11.9 Å². The van der Waals surface area contributed by atoms with Gasteiger partial charge in [0, 0.05) is 5.56 Å². The number of carbonyl (C=O) groups is 1. The number of anilines is 1. The van der Waals surface area contributed by atoms with E-state index >= 15 is 0 Å². The molecular weight excluding hydrogens is 427 g/mol. The van der Waals surface area contributed by atoms with Crippen molar-refractivity contribution in [3.63, 3.8) is 0 Å². The summed E-state index contributed by atoms with van der Waals surface area (Å²) >= 11 is 0.824. The third-order valence-corrected chi connectivity index (χ3v) is 5.96. The van der Waals surface area contributed by atoms with Gasteiger partial charge in [0.2, 0.25) is 9.84 Å². The van der Waals surface area contributed by atoms with Crippen LogP contribution in [0.2, 0.25) is 0 Å². The first-order valence-corrected chi connectivity index (χ1v) is 9.76. The summed E-state index contributed by atoms with van der Waals surface area (Å²) in [7, 11) is -4.80. The third-order valence-electron chi connectivity index (χ3n) is 3.62. The number of aromatic nitrogens is 1. The zero-order chi connectivity index (χ0) is 20.7. The molecule has 0 radical (unpaired) electrons. The van der Waals surface area contributed by atoms with Crippen molar-refractivity contribution >= 4 is 42.4 Å². The lowest BCUT2D eigenvalue weighted by Crippen LogP contribution is -2.14. The van der Waals surface area contributed by atoms with Crippen LogP contribution in [-0.2, 0) is 16.0 Å². The van der Waals surface area contributed by atoms with Crippen molar-refractivity contribution in [2.24, 2.45) is 0 Å². The molecule has 28 heavy (non-hydrogen) atoms. The van der Waals surface area contributed by atoms with Crippen molar-refractivity contribution in [1.82, 2.24) is 4.98 Å². The molecule has 5 nitrogen and oxygen atoms in total. The standard InChI is InChI=1S/C16H9F5N2O3S2/c17-14(18)28(25,26)9-6-4-8(5-7-9)13(24)23-15-22-12-10(16(19,20)21)2-1-3-11(12)27-15/h1-7,14H,(H,22,23,24). The van der Waals surface area contributed by atoms with Gasteiger partial charge in [-0.15, -0.1) is 0 Å². The first-order valence-electron chi connectivity index (χ1n) is 7.40. The lowest BCUT2D eigenvalue weighted by molar-refractivity contribution is -0.136. The van der Waals surface area contributed by atoms with Crippen LogP contribution in [0.15, 0.2) is 47.4 Å². The molecule has 0 bridgehead atoms. The fraction of sp³-hybridized carbons (Fsp3) is 0.125. The minimum absolute atomic E-state index is 0.0801. The number of carbonyl (C=O) groups excluding carboxylic acids is 1. The van der Waals surface area contributed by atoms with E-state index in [1.165, 1.54) is 12.1 Å². The van der Waals surface area contributed by atoms with Crippen LogP contribution in [0.3, 0.4) is 0 Å². The number of benzene rings is 2. The normalized spacial score (nSPS) is 12.5. The molecule has 2 aromatic carbocycles. The largest absolute Gasteiger partial charge is 0.418 e. The Morgan fingerprint density at radius 1 is 1.07 bits per heavy atom. The Morgan fingerprint density at radius 2 is 1.71 bits per heavy atom. The van der Waals surface area contributed by atoms with Crippen molar-refractivity contribution in [3.8, 4) is 0 Å². The maximum atomic E-state index is 13.0. The molecule has 0 fully saturated rings. The first-order chi connectivity index (χ1) is 13.0. The van der Waals surface area contributed by atoms with Gasteiger partial charge in [0.15, 0.2) is 5.13 Å². The minimum Gasteiger partial charge on any atom is -0.298 e. The molecule has 3 aromatic rings. The summed E-state index contributed by atoms with van der Waals surface area (Å²) in [4.78, 5) is 15.3. The molecule has 3 rings (SSSR count). The number of nitrogens with one attached hydrogen (secondary N) is 1. The number of nitrogens with zero attached hydrogens (tertiary/aromatic N) is 1. The number of para-hydroxylation sites is 1. The molecule has 0 aliphatic heterocycles. The van der Waals surface area contributed by atoms with E-state index in [1.54, 1.807) is 0 Å². The molecule has 0 spiro atoms. The van der Waals surface area contributed by atoms with Crippen LogP contribution >= 0.6 is 11.3 Å². The van der Waals surface area contributed by atoms with Gasteiger partial charge in [0.25, 0.3) is 5.91 Å². The molecule has 1 amide bonds. The Hall–Kier alpha value is -2.60. The highest BCUT2D eigenvalue weighted by atomic mass is 32.2. The highest BCUT2D eigenvalue weighted by molar-refractivity contribution is 7.91. The number of thiazole rings is 1. The number of hydrogen-bond donors (Lipinski definition) is 1. The molecule has 0 aliphatic carbocycles. The van der Waals surface area contributed by atoms with E-state index in [2.05, 4.69) is 10.3 Å². The number of rotatable bonds is 4. The summed E-state index contributed by atoms with van der Waals surface area (Å²) in [6.07, 6.45) is -4.61. The van der Waals surface area contributed by atoms with Crippen LogP contribution in [0.4, 0.5) is 27.1 Å². The van der Waals surface area contributed by atoms with Crippen molar-refractivity contribution < 1.29 is 35.2 Å². The van der Waals surface area contributed by atoms with Gasteiger partial charge in [0.05, 0.1) is 20.7 Å². The number of alkyl halides is 5. The van der Waals surface area contributed by atoms with Crippen molar-refractivity contribution in [2.45, 2.75) is 16.8 Å². The van der Waals surface area contributed by atoms with E-state index in [-0.39, 0.29) is 20.9 Å². The molecule has 0 atom stereocenters. The number of fused-ring (bicyclic) bond motifs is 1. The highest BCUT2D eigenvalue weighted by Crippen LogP contribution is 2.37. The van der Waals surface area contributed by atoms with Crippen molar-refractivity contribution in [1.29, 1.82) is 0 Å². The third kappa shape index (κ3) is 3.83. The molecule has 148 valence electrons. The van der Waals surface area contributed by atoms with Gasteiger partial charge in [-0.2, -0.15) is 22.0 Å². The molecule has 0 saturated heterocycles. The molecule has 12 heteroatoms. The second kappa shape index (κ2) is 7.09. The fourth-order valence-electron chi connectivity index (χ4n) is 2.30. The molecule has 0 saturated carbocycles. The second-order valence-corrected chi connectivity index (χ2v) is 8.40. The molecule has 1 aromatic heterocycles. The van der Waals surface area contributed by atoms with Gasteiger partial charge in [-0.25, -0.2) is 13.4 Å². The lowest BCUT2D eigenvalue weighted by Gasteiger charge is -2.06. The fourth-order valence-corrected chi connectivity index (χ4v) is 3.91. The van der Waals surface area contributed by atoms with Crippen molar-refractivity contribution in [2.75, 3.05) is 5.32 Å². The summed E-state index contributed by atoms with van der Waals surface area (Å²) in [6, 6.07) is 7.22. The molecule has 0 aliphatic rings. The Morgan fingerprint density at radius 3 is 2.29 bits per heavy atom. The summed E-state index contributed by atoms with van der Waals surface area (Å²) < 4.78 is 87.0. The monoisotopic (exact) mass is 436 g/mol. The topological polar surface area (TPSA) is 76.1 Å². The second-order valence-electron chi connectivity index (χ2n) is 5.45. The zero-order valence-electron chi connectivity index (χ0n) is 13.5. The smallest absolute Gasteiger partial charge is 0.298 e. The van der Waals surface area contributed by atoms with E-state index < -0.39 is 38.1 Å². The molecular formula is C16H9F5N2O3S2. The zero-order valence-corrected chi connectivity index (χ0v) is 15.1. The Kier molecular flexibility index (Phi) is 5.10. The maximum absolute atomic E-state index is 13.0. The van der Waals surface area contributed by atoms with Gasteiger partial charge in [0.1, 0.15) is 0 Å². The van der Waals surface area contributed by atoms with E-state index in [9.17, 15) is 35.2 Å². The van der Waals surface area contributed by atoms with E-state index in [0.717, 1.165) is 41.7 Å². The van der Waals surface area contributed by atoms with Gasteiger partial charge in [-0.1, -0.05) is 17.4 Å².